The van der Waals surface area contributed by atoms with E-state index in [-0.39, 0.29) is 13.0 Å². The van der Waals surface area contributed by atoms with Gasteiger partial charge in [0.25, 0.3) is 5.91 Å². The quantitative estimate of drug-likeness (QED) is 0.832. The van der Waals surface area contributed by atoms with E-state index in [0.717, 1.165) is 5.56 Å². The lowest BCUT2D eigenvalue weighted by atomic mass is 9.98. The number of aliphatic carboxylic acids is 1. The molecule has 0 aromatic heterocycles. The molecule has 1 aliphatic heterocycles. The first-order valence-corrected chi connectivity index (χ1v) is 7.33. The first-order valence-electron chi connectivity index (χ1n) is 7.33. The molecule has 0 bridgehead atoms. The highest BCUT2D eigenvalue weighted by Crippen LogP contribution is 2.21. The van der Waals surface area contributed by atoms with E-state index in [0.29, 0.717) is 18.8 Å². The van der Waals surface area contributed by atoms with Gasteiger partial charge in [-0.2, -0.15) is 0 Å². The third-order valence-electron chi connectivity index (χ3n) is 3.72. The van der Waals surface area contributed by atoms with Gasteiger partial charge < -0.3 is 19.9 Å². The van der Waals surface area contributed by atoms with Gasteiger partial charge in [0.05, 0.1) is 6.61 Å². The molecular formula is C16H21NO5. The zero-order valence-corrected chi connectivity index (χ0v) is 12.8. The molecule has 1 fully saturated rings. The molecule has 1 aliphatic rings. The maximum Gasteiger partial charge on any atom is 0.331 e. The molecule has 2 unspecified atom stereocenters. The second kappa shape index (κ2) is 6.79. The molecule has 1 saturated heterocycles. The molecular weight excluding hydrogens is 286 g/mol. The zero-order chi connectivity index (χ0) is 16.2. The Morgan fingerprint density at radius 3 is 2.82 bits per heavy atom. The summed E-state index contributed by atoms with van der Waals surface area (Å²) in [7, 11) is 0. The van der Waals surface area contributed by atoms with Crippen molar-refractivity contribution in [3.63, 3.8) is 0 Å². The van der Waals surface area contributed by atoms with Crippen molar-refractivity contribution in [1.29, 1.82) is 0 Å². The molecule has 0 aliphatic carbocycles. The van der Waals surface area contributed by atoms with Crippen molar-refractivity contribution in [2.45, 2.75) is 38.3 Å². The van der Waals surface area contributed by atoms with Crippen LogP contribution >= 0.6 is 0 Å². The topological polar surface area (TPSA) is 84.9 Å². The van der Waals surface area contributed by atoms with Crippen LogP contribution in [-0.2, 0) is 14.3 Å². The minimum absolute atomic E-state index is 0.0189. The Balaban J connectivity index is 2.07. The first-order chi connectivity index (χ1) is 10.5. The van der Waals surface area contributed by atoms with Crippen LogP contribution in [0, 0.1) is 6.92 Å². The average molecular weight is 307 g/mol. The fourth-order valence-corrected chi connectivity index (χ4v) is 2.38. The Hall–Kier alpha value is -2.08. The number of hydrogen-bond acceptors (Lipinski definition) is 4. The maximum absolute atomic E-state index is 12.4. The molecule has 120 valence electrons. The fourth-order valence-electron chi connectivity index (χ4n) is 2.38. The Kier molecular flexibility index (Phi) is 5.03. The van der Waals surface area contributed by atoms with Gasteiger partial charge in [-0.15, -0.1) is 0 Å². The summed E-state index contributed by atoms with van der Waals surface area (Å²) in [5.41, 5.74) is -0.320. The summed E-state index contributed by atoms with van der Waals surface area (Å²) in [4.78, 5) is 23.8. The largest absolute Gasteiger partial charge is 0.481 e. The zero-order valence-electron chi connectivity index (χ0n) is 12.8. The lowest BCUT2D eigenvalue weighted by molar-refractivity contribution is -0.149. The van der Waals surface area contributed by atoms with Gasteiger partial charge in [-0.3, -0.25) is 4.79 Å². The number of carbonyl (C=O) groups is 2. The van der Waals surface area contributed by atoms with Crippen LogP contribution in [0.25, 0.3) is 0 Å². The highest BCUT2D eigenvalue weighted by molar-refractivity contribution is 5.89. The van der Waals surface area contributed by atoms with Crippen molar-refractivity contribution in [3.8, 4) is 5.75 Å². The predicted molar refractivity (Wildman–Crippen MR) is 79.8 cm³/mol. The normalized spacial score (nSPS) is 22.1. The molecule has 0 spiro atoms. The summed E-state index contributed by atoms with van der Waals surface area (Å²) in [6, 6.07) is 7.39. The summed E-state index contributed by atoms with van der Waals surface area (Å²) in [5, 5.41) is 11.9. The lowest BCUT2D eigenvalue weighted by Gasteiger charge is -2.26. The standard InChI is InChI=1S/C16H21NO5/c1-3-13(22-12-6-4-5-11(2)9-12)14(18)17-16(15(19)20)7-8-21-10-16/h4-6,9,13H,3,7-8,10H2,1-2H3,(H,17,18)(H,19,20). The number of benzene rings is 1. The lowest BCUT2D eigenvalue weighted by Crippen LogP contribution is -2.58. The number of amides is 1. The van der Waals surface area contributed by atoms with Gasteiger partial charge in [0.15, 0.2) is 11.6 Å². The highest BCUT2D eigenvalue weighted by atomic mass is 16.5. The summed E-state index contributed by atoms with van der Waals surface area (Å²) < 4.78 is 10.8. The maximum atomic E-state index is 12.4. The van der Waals surface area contributed by atoms with Gasteiger partial charge >= 0.3 is 5.97 Å². The summed E-state index contributed by atoms with van der Waals surface area (Å²) in [5.74, 6) is -0.922. The molecule has 0 saturated carbocycles. The second-order valence-corrected chi connectivity index (χ2v) is 5.51. The number of aryl methyl sites for hydroxylation is 1. The molecule has 6 heteroatoms. The summed E-state index contributed by atoms with van der Waals surface area (Å²) >= 11 is 0. The van der Waals surface area contributed by atoms with Crippen LogP contribution in [0.15, 0.2) is 24.3 Å². The van der Waals surface area contributed by atoms with E-state index in [9.17, 15) is 14.7 Å². The summed E-state index contributed by atoms with van der Waals surface area (Å²) in [6.45, 7) is 4.05. The highest BCUT2D eigenvalue weighted by Gasteiger charge is 2.45. The number of carboxylic acid groups (broad SMARTS) is 1. The van der Waals surface area contributed by atoms with Crippen LogP contribution in [0.4, 0.5) is 0 Å². The van der Waals surface area contributed by atoms with E-state index in [4.69, 9.17) is 9.47 Å². The average Bonchev–Trinajstić information content (AvgIpc) is 2.94. The molecule has 2 N–H and O–H groups in total. The Labute approximate surface area is 129 Å². The van der Waals surface area contributed by atoms with Gasteiger partial charge in [0.2, 0.25) is 0 Å². The van der Waals surface area contributed by atoms with Crippen molar-refractivity contribution in [2.24, 2.45) is 0 Å². The van der Waals surface area contributed by atoms with Crippen molar-refractivity contribution in [3.05, 3.63) is 29.8 Å². The van der Waals surface area contributed by atoms with E-state index in [1.165, 1.54) is 0 Å². The van der Waals surface area contributed by atoms with Crippen LogP contribution < -0.4 is 10.1 Å². The molecule has 0 radical (unpaired) electrons. The molecule has 2 rings (SSSR count). The molecule has 2 atom stereocenters. The second-order valence-electron chi connectivity index (χ2n) is 5.51. The third-order valence-corrected chi connectivity index (χ3v) is 3.72. The van der Waals surface area contributed by atoms with Crippen LogP contribution in [0.3, 0.4) is 0 Å². The van der Waals surface area contributed by atoms with Crippen molar-refractivity contribution in [1.82, 2.24) is 5.32 Å². The van der Waals surface area contributed by atoms with Gasteiger partial charge in [-0.1, -0.05) is 19.1 Å². The Morgan fingerprint density at radius 2 is 2.27 bits per heavy atom. The van der Waals surface area contributed by atoms with E-state index >= 15 is 0 Å². The molecule has 22 heavy (non-hydrogen) atoms. The van der Waals surface area contributed by atoms with E-state index in [1.807, 2.05) is 32.0 Å². The Bertz CT molecular complexity index is 551. The van der Waals surface area contributed by atoms with Crippen LogP contribution in [0.5, 0.6) is 5.75 Å². The first kappa shape index (κ1) is 16.3. The summed E-state index contributed by atoms with van der Waals surface area (Å²) in [6.07, 6.45) is -0.0377. The molecule has 6 nitrogen and oxygen atoms in total. The number of rotatable bonds is 6. The van der Waals surface area contributed by atoms with Crippen LogP contribution in [0.1, 0.15) is 25.3 Å². The van der Waals surface area contributed by atoms with Gasteiger partial charge in [0.1, 0.15) is 5.75 Å². The van der Waals surface area contributed by atoms with E-state index in [1.54, 1.807) is 6.07 Å². The number of carbonyl (C=O) groups excluding carboxylic acids is 1. The Morgan fingerprint density at radius 1 is 1.50 bits per heavy atom. The smallest absolute Gasteiger partial charge is 0.331 e. The van der Waals surface area contributed by atoms with E-state index < -0.39 is 23.5 Å². The van der Waals surface area contributed by atoms with E-state index in [2.05, 4.69) is 5.32 Å². The molecule has 1 amide bonds. The number of nitrogens with one attached hydrogen (secondary N) is 1. The fraction of sp³-hybridized carbons (Fsp3) is 0.500. The molecule has 1 heterocycles. The van der Waals surface area contributed by atoms with Crippen LogP contribution in [0.2, 0.25) is 0 Å². The van der Waals surface area contributed by atoms with Gasteiger partial charge in [0, 0.05) is 13.0 Å². The number of ether oxygens (including phenoxy) is 2. The molecule has 1 aromatic carbocycles. The van der Waals surface area contributed by atoms with Gasteiger partial charge in [-0.05, 0) is 31.0 Å². The van der Waals surface area contributed by atoms with Crippen molar-refractivity contribution in [2.75, 3.05) is 13.2 Å². The van der Waals surface area contributed by atoms with Gasteiger partial charge in [-0.25, -0.2) is 4.79 Å². The molecule has 1 aromatic rings. The minimum Gasteiger partial charge on any atom is -0.481 e. The monoisotopic (exact) mass is 307 g/mol. The van der Waals surface area contributed by atoms with Crippen LogP contribution in [-0.4, -0.2) is 41.8 Å². The number of hydrogen-bond donors (Lipinski definition) is 2. The van der Waals surface area contributed by atoms with Crippen molar-refractivity contribution >= 4 is 11.9 Å². The predicted octanol–water partition coefficient (Wildman–Crippen LogP) is 1.51. The van der Waals surface area contributed by atoms with Crippen molar-refractivity contribution < 1.29 is 24.2 Å². The minimum atomic E-state index is -1.35. The SMILES string of the molecule is CCC(Oc1cccc(C)c1)C(=O)NC1(C(=O)O)CCOC1. The third kappa shape index (κ3) is 3.57. The number of carboxylic acids is 1.